The minimum absolute atomic E-state index is 0.0101. The highest BCUT2D eigenvalue weighted by molar-refractivity contribution is 7.99. The van der Waals surface area contributed by atoms with Crippen LogP contribution in [0.1, 0.15) is 30.4 Å². The van der Waals surface area contributed by atoms with Gasteiger partial charge >= 0.3 is 0 Å². The fraction of sp³-hybridized carbons (Fsp3) is 0.632. The summed E-state index contributed by atoms with van der Waals surface area (Å²) in [4.78, 5) is 12.2. The number of ether oxygens (including phenoxy) is 2. The van der Waals surface area contributed by atoms with Gasteiger partial charge in [0.05, 0.1) is 24.5 Å². The minimum Gasteiger partial charge on any atom is -0.379 e. The Morgan fingerprint density at radius 2 is 2.17 bits per heavy atom. The molecule has 1 aliphatic heterocycles. The zero-order chi connectivity index (χ0) is 16.8. The topological polar surface area (TPSA) is 47.6 Å². The van der Waals surface area contributed by atoms with Crippen LogP contribution in [0, 0.1) is 12.8 Å². The minimum atomic E-state index is -0.0101. The smallest absolute Gasteiger partial charge is 0.230 e. The number of aryl methyl sites for hydroxylation is 1. The average molecular weight is 349 g/mol. The lowest BCUT2D eigenvalue weighted by Crippen LogP contribution is -2.51. The van der Waals surface area contributed by atoms with Crippen molar-refractivity contribution >= 4 is 17.7 Å². The zero-order valence-electron chi connectivity index (χ0n) is 14.3. The van der Waals surface area contributed by atoms with E-state index in [0.29, 0.717) is 12.4 Å². The molecule has 24 heavy (non-hydrogen) atoms. The SMILES string of the molecule is Cc1ccccc1CSCC(=O)N[C@@H]1COCC[C@@H]1OCC1CC1. The highest BCUT2D eigenvalue weighted by Crippen LogP contribution is 2.30. The van der Waals surface area contributed by atoms with Gasteiger partial charge in [0.2, 0.25) is 5.91 Å². The summed E-state index contributed by atoms with van der Waals surface area (Å²) >= 11 is 1.65. The van der Waals surface area contributed by atoms with Crippen molar-refractivity contribution in [3.63, 3.8) is 0 Å². The molecule has 2 atom stereocenters. The van der Waals surface area contributed by atoms with Crippen LogP contribution in [0.3, 0.4) is 0 Å². The first-order chi connectivity index (χ1) is 11.7. The fourth-order valence-corrected chi connectivity index (χ4v) is 3.79. The summed E-state index contributed by atoms with van der Waals surface area (Å²) in [5, 5.41) is 3.10. The molecular formula is C19H27NO3S. The average Bonchev–Trinajstić information content (AvgIpc) is 3.40. The molecule has 0 radical (unpaired) electrons. The van der Waals surface area contributed by atoms with E-state index < -0.39 is 0 Å². The molecule has 1 amide bonds. The van der Waals surface area contributed by atoms with Crippen molar-refractivity contribution < 1.29 is 14.3 Å². The molecule has 0 unspecified atom stereocenters. The maximum absolute atomic E-state index is 12.2. The first kappa shape index (κ1) is 17.8. The Bertz CT molecular complexity index is 547. The first-order valence-corrected chi connectivity index (χ1v) is 9.99. The third-order valence-electron chi connectivity index (χ3n) is 4.63. The normalized spacial score (nSPS) is 23.9. The van der Waals surface area contributed by atoms with Gasteiger partial charge in [-0.1, -0.05) is 24.3 Å². The molecule has 132 valence electrons. The first-order valence-electron chi connectivity index (χ1n) is 8.83. The van der Waals surface area contributed by atoms with Gasteiger partial charge < -0.3 is 14.8 Å². The molecule has 1 aliphatic carbocycles. The summed E-state index contributed by atoms with van der Waals surface area (Å²) in [6.07, 6.45) is 3.55. The molecule has 2 aliphatic rings. The van der Waals surface area contributed by atoms with Gasteiger partial charge in [0.15, 0.2) is 0 Å². The number of carbonyl (C=O) groups excluding carboxylic acids is 1. The van der Waals surface area contributed by atoms with Gasteiger partial charge in [-0.25, -0.2) is 0 Å². The van der Waals surface area contributed by atoms with Gasteiger partial charge in [0.1, 0.15) is 0 Å². The Hall–Kier alpha value is -1.04. The van der Waals surface area contributed by atoms with Crippen LogP contribution >= 0.6 is 11.8 Å². The van der Waals surface area contributed by atoms with Crippen LogP contribution in [0.5, 0.6) is 0 Å². The summed E-state index contributed by atoms with van der Waals surface area (Å²) in [7, 11) is 0. The van der Waals surface area contributed by atoms with Gasteiger partial charge in [-0.2, -0.15) is 0 Å². The molecule has 1 aromatic rings. The molecule has 0 bridgehead atoms. The lowest BCUT2D eigenvalue weighted by molar-refractivity contribution is -0.123. The Morgan fingerprint density at radius 1 is 1.33 bits per heavy atom. The largest absolute Gasteiger partial charge is 0.379 e. The number of nitrogens with one attached hydrogen (secondary N) is 1. The molecular weight excluding hydrogens is 322 g/mol. The van der Waals surface area contributed by atoms with E-state index in [4.69, 9.17) is 9.47 Å². The summed E-state index contributed by atoms with van der Waals surface area (Å²) in [6.45, 7) is 4.23. The molecule has 1 N–H and O–H groups in total. The van der Waals surface area contributed by atoms with Crippen molar-refractivity contribution in [3.05, 3.63) is 35.4 Å². The van der Waals surface area contributed by atoms with Crippen molar-refractivity contribution in [1.82, 2.24) is 5.32 Å². The van der Waals surface area contributed by atoms with Crippen molar-refractivity contribution in [2.75, 3.05) is 25.6 Å². The second-order valence-corrected chi connectivity index (χ2v) is 7.76. The highest BCUT2D eigenvalue weighted by Gasteiger charge is 2.30. The summed E-state index contributed by atoms with van der Waals surface area (Å²) in [5.74, 6) is 2.15. The molecule has 1 heterocycles. The maximum atomic E-state index is 12.2. The van der Waals surface area contributed by atoms with E-state index >= 15 is 0 Å². The quantitative estimate of drug-likeness (QED) is 0.784. The molecule has 1 aromatic carbocycles. The summed E-state index contributed by atoms with van der Waals surface area (Å²) in [6, 6.07) is 8.31. The third-order valence-corrected chi connectivity index (χ3v) is 5.62. The molecule has 4 nitrogen and oxygen atoms in total. The van der Waals surface area contributed by atoms with Gasteiger partial charge in [-0.05, 0) is 43.2 Å². The van der Waals surface area contributed by atoms with E-state index in [9.17, 15) is 4.79 Å². The van der Waals surface area contributed by atoms with Crippen LogP contribution in [-0.2, 0) is 20.0 Å². The Kier molecular flexibility index (Phi) is 6.58. The molecule has 1 saturated heterocycles. The maximum Gasteiger partial charge on any atom is 0.230 e. The monoisotopic (exact) mass is 349 g/mol. The molecule has 1 saturated carbocycles. The van der Waals surface area contributed by atoms with Crippen LogP contribution in [0.15, 0.2) is 24.3 Å². The van der Waals surface area contributed by atoms with Crippen LogP contribution in [0.2, 0.25) is 0 Å². The number of amides is 1. The fourth-order valence-electron chi connectivity index (χ4n) is 2.87. The second kappa shape index (κ2) is 8.88. The number of thioether (sulfide) groups is 1. The molecule has 0 spiro atoms. The number of hydrogen-bond acceptors (Lipinski definition) is 4. The van der Waals surface area contributed by atoms with Crippen LogP contribution in [0.4, 0.5) is 0 Å². The van der Waals surface area contributed by atoms with Gasteiger partial charge in [-0.3, -0.25) is 4.79 Å². The van der Waals surface area contributed by atoms with Gasteiger partial charge in [0.25, 0.3) is 0 Å². The lowest BCUT2D eigenvalue weighted by Gasteiger charge is -2.32. The van der Waals surface area contributed by atoms with Crippen molar-refractivity contribution in [2.24, 2.45) is 5.92 Å². The Morgan fingerprint density at radius 3 is 2.96 bits per heavy atom. The molecule has 2 fully saturated rings. The number of hydrogen-bond donors (Lipinski definition) is 1. The van der Waals surface area contributed by atoms with Crippen LogP contribution in [0.25, 0.3) is 0 Å². The van der Waals surface area contributed by atoms with Crippen LogP contribution in [-0.4, -0.2) is 43.6 Å². The van der Waals surface area contributed by atoms with E-state index in [2.05, 4.69) is 24.4 Å². The summed E-state index contributed by atoms with van der Waals surface area (Å²) < 4.78 is 11.5. The molecule has 0 aromatic heterocycles. The number of rotatable bonds is 8. The van der Waals surface area contributed by atoms with Gasteiger partial charge in [0, 0.05) is 19.0 Å². The molecule has 3 rings (SSSR count). The lowest BCUT2D eigenvalue weighted by atomic mass is 10.1. The van der Waals surface area contributed by atoms with E-state index in [1.54, 1.807) is 11.8 Å². The van der Waals surface area contributed by atoms with E-state index in [-0.39, 0.29) is 18.1 Å². The van der Waals surface area contributed by atoms with E-state index in [1.165, 1.54) is 24.0 Å². The van der Waals surface area contributed by atoms with Crippen molar-refractivity contribution in [3.8, 4) is 0 Å². The van der Waals surface area contributed by atoms with E-state index in [0.717, 1.165) is 31.3 Å². The predicted octanol–water partition coefficient (Wildman–Crippen LogP) is 2.93. The number of carbonyl (C=O) groups is 1. The predicted molar refractivity (Wildman–Crippen MR) is 97.2 cm³/mol. The summed E-state index contributed by atoms with van der Waals surface area (Å²) in [5.41, 5.74) is 2.57. The third kappa shape index (κ3) is 5.50. The Balaban J connectivity index is 1.40. The molecule has 5 heteroatoms. The standard InChI is InChI=1S/C19H27NO3S/c1-14-4-2-3-5-16(14)12-24-13-19(21)20-17-11-22-9-8-18(17)23-10-15-6-7-15/h2-5,15,17-18H,6-13H2,1H3,(H,20,21)/t17-,18+/m1/s1. The van der Waals surface area contributed by atoms with E-state index in [1.807, 2.05) is 12.1 Å². The highest BCUT2D eigenvalue weighted by atomic mass is 32.2. The number of benzene rings is 1. The van der Waals surface area contributed by atoms with Crippen molar-refractivity contribution in [2.45, 2.75) is 44.1 Å². The van der Waals surface area contributed by atoms with Gasteiger partial charge in [-0.15, -0.1) is 11.8 Å². The van der Waals surface area contributed by atoms with Crippen LogP contribution < -0.4 is 5.32 Å². The van der Waals surface area contributed by atoms with Crippen molar-refractivity contribution in [1.29, 1.82) is 0 Å². The zero-order valence-corrected chi connectivity index (χ0v) is 15.1. The Labute approximate surface area is 148 Å². The second-order valence-electron chi connectivity index (χ2n) is 6.77.